The molecule has 0 radical (unpaired) electrons. The summed E-state index contributed by atoms with van der Waals surface area (Å²) in [6.07, 6.45) is -0.906. The molecule has 0 fully saturated rings. The molecule has 2 N–H and O–H groups in total. The minimum Gasteiger partial charge on any atom is -0.389 e. The molecule has 1 heterocycles. The van der Waals surface area contributed by atoms with E-state index in [1.54, 1.807) is 23.7 Å². The molecule has 170 valence electrons. The van der Waals surface area contributed by atoms with Crippen molar-refractivity contribution in [2.75, 3.05) is 0 Å². The Kier molecular flexibility index (Phi) is 7.06. The van der Waals surface area contributed by atoms with Crippen LogP contribution in [-0.4, -0.2) is 20.8 Å². The molecule has 3 rings (SSSR count). The second-order valence-electron chi connectivity index (χ2n) is 9.06. The van der Waals surface area contributed by atoms with Crippen LogP contribution < -0.4 is 5.32 Å². The molecule has 2 unspecified atom stereocenters. The van der Waals surface area contributed by atoms with E-state index in [9.17, 15) is 14.3 Å². The van der Waals surface area contributed by atoms with Gasteiger partial charge in [0.25, 0.3) is 0 Å². The Morgan fingerprint density at radius 1 is 1.19 bits per heavy atom. The van der Waals surface area contributed by atoms with Crippen molar-refractivity contribution in [3.63, 3.8) is 0 Å². The summed E-state index contributed by atoms with van der Waals surface area (Å²) in [7, 11) is 0. The van der Waals surface area contributed by atoms with Gasteiger partial charge < -0.3 is 10.4 Å². The van der Waals surface area contributed by atoms with E-state index in [0.717, 1.165) is 17.1 Å². The molecule has 2 aromatic carbocycles. The molecule has 5 nitrogen and oxygen atoms in total. The highest BCUT2D eigenvalue weighted by Crippen LogP contribution is 2.26. The molecule has 1 amide bonds. The highest BCUT2D eigenvalue weighted by atomic mass is 35.5. The lowest BCUT2D eigenvalue weighted by atomic mass is 9.92. The van der Waals surface area contributed by atoms with Crippen molar-refractivity contribution in [3.05, 3.63) is 81.9 Å². The molecule has 7 heteroatoms. The van der Waals surface area contributed by atoms with Crippen molar-refractivity contribution in [2.24, 2.45) is 0 Å². The average molecular weight is 458 g/mol. The van der Waals surface area contributed by atoms with Crippen LogP contribution in [0.2, 0.25) is 5.02 Å². The Balaban J connectivity index is 1.82. The van der Waals surface area contributed by atoms with E-state index in [0.29, 0.717) is 10.6 Å². The zero-order valence-corrected chi connectivity index (χ0v) is 19.7. The van der Waals surface area contributed by atoms with Crippen molar-refractivity contribution in [2.45, 2.75) is 58.6 Å². The Morgan fingerprint density at radius 2 is 1.91 bits per heavy atom. The number of aromatic nitrogens is 2. The quantitative estimate of drug-likeness (QED) is 0.518. The van der Waals surface area contributed by atoms with Crippen LogP contribution in [0.15, 0.2) is 48.5 Å². The van der Waals surface area contributed by atoms with E-state index < -0.39 is 17.8 Å². The molecule has 32 heavy (non-hydrogen) atoms. The molecule has 0 spiro atoms. The molecule has 2 atom stereocenters. The van der Waals surface area contributed by atoms with Gasteiger partial charge in [-0.2, -0.15) is 5.10 Å². The van der Waals surface area contributed by atoms with Crippen molar-refractivity contribution < 1.29 is 14.3 Å². The predicted molar refractivity (Wildman–Crippen MR) is 125 cm³/mol. The first-order valence-electron chi connectivity index (χ1n) is 10.6. The second kappa shape index (κ2) is 9.43. The summed E-state index contributed by atoms with van der Waals surface area (Å²) in [4.78, 5) is 12.8. The van der Waals surface area contributed by atoms with Gasteiger partial charge in [0.05, 0.1) is 35.6 Å². The number of nitrogens with one attached hydrogen (secondary N) is 1. The summed E-state index contributed by atoms with van der Waals surface area (Å²) >= 11 is 6.17. The summed E-state index contributed by atoms with van der Waals surface area (Å²) < 4.78 is 16.0. The van der Waals surface area contributed by atoms with Gasteiger partial charge >= 0.3 is 0 Å². The maximum Gasteiger partial charge on any atom is 0.227 e. The zero-order valence-electron chi connectivity index (χ0n) is 19.0. The number of aliphatic hydroxyl groups excluding tert-OH is 1. The molecule has 1 aromatic heterocycles. The normalized spacial score (nSPS) is 13.6. The Morgan fingerprint density at radius 3 is 2.50 bits per heavy atom. The fourth-order valence-electron chi connectivity index (χ4n) is 3.38. The number of carbonyl (C=O) groups excluding carboxylic acids is 1. The molecule has 0 aliphatic rings. The van der Waals surface area contributed by atoms with Crippen molar-refractivity contribution in [1.29, 1.82) is 0 Å². The third-order valence-corrected chi connectivity index (χ3v) is 5.65. The minimum absolute atomic E-state index is 0.168. The number of amides is 1. The van der Waals surface area contributed by atoms with Crippen LogP contribution in [0.5, 0.6) is 0 Å². The maximum absolute atomic E-state index is 14.2. The first kappa shape index (κ1) is 24.0. The number of rotatable bonds is 6. The SMILES string of the molecule is CC(O)c1ccc(C(C)C(=O)NCc2cc(C(C)(C)C)nn2-c2cccc(Cl)c2)cc1F. The number of hydrogen-bond donors (Lipinski definition) is 2. The van der Waals surface area contributed by atoms with Gasteiger partial charge in [-0.15, -0.1) is 0 Å². The molecular weight excluding hydrogens is 429 g/mol. The highest BCUT2D eigenvalue weighted by molar-refractivity contribution is 6.30. The number of halogens is 2. The summed E-state index contributed by atoms with van der Waals surface area (Å²) in [6.45, 7) is 9.71. The maximum atomic E-state index is 14.2. The summed E-state index contributed by atoms with van der Waals surface area (Å²) in [6, 6.07) is 13.8. The van der Waals surface area contributed by atoms with Crippen molar-refractivity contribution in [1.82, 2.24) is 15.1 Å². The molecular formula is C25H29ClFN3O2. The van der Waals surface area contributed by atoms with E-state index in [4.69, 9.17) is 16.7 Å². The number of benzene rings is 2. The average Bonchev–Trinajstić information content (AvgIpc) is 3.16. The predicted octanol–water partition coefficient (Wildman–Crippen LogP) is 5.44. The van der Waals surface area contributed by atoms with Gasteiger partial charge in [-0.25, -0.2) is 9.07 Å². The Bertz CT molecular complexity index is 1120. The topological polar surface area (TPSA) is 67.2 Å². The monoisotopic (exact) mass is 457 g/mol. The molecule has 3 aromatic rings. The summed E-state index contributed by atoms with van der Waals surface area (Å²) in [5, 5.41) is 17.9. The first-order chi connectivity index (χ1) is 15.0. The van der Waals surface area contributed by atoms with Crippen LogP contribution in [0.4, 0.5) is 4.39 Å². The lowest BCUT2D eigenvalue weighted by molar-refractivity contribution is -0.122. The van der Waals surface area contributed by atoms with Gasteiger partial charge in [0.1, 0.15) is 5.82 Å². The number of nitrogens with zero attached hydrogens (tertiary/aromatic N) is 2. The minimum atomic E-state index is -0.906. The summed E-state index contributed by atoms with van der Waals surface area (Å²) in [5.41, 5.74) is 3.10. The van der Waals surface area contributed by atoms with E-state index in [-0.39, 0.29) is 23.4 Å². The largest absolute Gasteiger partial charge is 0.389 e. The Hall–Kier alpha value is -2.70. The smallest absolute Gasteiger partial charge is 0.227 e. The van der Waals surface area contributed by atoms with E-state index in [1.165, 1.54) is 19.1 Å². The number of hydrogen-bond acceptors (Lipinski definition) is 3. The third-order valence-electron chi connectivity index (χ3n) is 5.42. The van der Waals surface area contributed by atoms with Crippen LogP contribution >= 0.6 is 11.6 Å². The second-order valence-corrected chi connectivity index (χ2v) is 9.50. The van der Waals surface area contributed by atoms with Crippen LogP contribution in [0.1, 0.15) is 69.2 Å². The van der Waals surface area contributed by atoms with Crippen LogP contribution in [0.3, 0.4) is 0 Å². The molecule has 0 aliphatic heterocycles. The highest BCUT2D eigenvalue weighted by Gasteiger charge is 2.22. The van der Waals surface area contributed by atoms with Crippen LogP contribution in [0.25, 0.3) is 5.69 Å². The van der Waals surface area contributed by atoms with Crippen molar-refractivity contribution in [3.8, 4) is 5.69 Å². The Labute approximate surface area is 193 Å². The van der Waals surface area contributed by atoms with Gasteiger partial charge in [0, 0.05) is 16.0 Å². The molecule has 0 bridgehead atoms. The van der Waals surface area contributed by atoms with E-state index in [1.807, 2.05) is 24.3 Å². The molecule has 0 saturated heterocycles. The van der Waals surface area contributed by atoms with Gasteiger partial charge in [-0.05, 0) is 49.7 Å². The van der Waals surface area contributed by atoms with Gasteiger partial charge in [-0.3, -0.25) is 4.79 Å². The third kappa shape index (κ3) is 5.37. The molecule has 0 aliphatic carbocycles. The number of aliphatic hydroxyl groups is 1. The van der Waals surface area contributed by atoms with E-state index >= 15 is 0 Å². The van der Waals surface area contributed by atoms with Crippen LogP contribution in [0, 0.1) is 5.82 Å². The number of carbonyl (C=O) groups is 1. The fraction of sp³-hybridized carbons (Fsp3) is 0.360. The van der Waals surface area contributed by atoms with Gasteiger partial charge in [0.15, 0.2) is 0 Å². The molecule has 0 saturated carbocycles. The first-order valence-corrected chi connectivity index (χ1v) is 11.0. The lowest BCUT2D eigenvalue weighted by Crippen LogP contribution is -2.28. The summed E-state index contributed by atoms with van der Waals surface area (Å²) in [5.74, 6) is -1.31. The van der Waals surface area contributed by atoms with Gasteiger partial charge in [-0.1, -0.05) is 50.6 Å². The lowest BCUT2D eigenvalue weighted by Gasteiger charge is -2.15. The standard InChI is InChI=1S/C25H29ClFN3O2/c1-15(17-9-10-21(16(2)31)22(27)11-17)24(32)28-14-20-13-23(25(3,4)5)29-30(20)19-8-6-7-18(26)12-19/h6-13,15-16,31H,14H2,1-5H3,(H,28,32). The zero-order chi connectivity index (χ0) is 23.6. The van der Waals surface area contributed by atoms with Crippen molar-refractivity contribution >= 4 is 17.5 Å². The van der Waals surface area contributed by atoms with Crippen LogP contribution in [-0.2, 0) is 16.8 Å². The van der Waals surface area contributed by atoms with Gasteiger partial charge in [0.2, 0.25) is 5.91 Å². The fourth-order valence-corrected chi connectivity index (χ4v) is 3.56. The van der Waals surface area contributed by atoms with E-state index in [2.05, 4.69) is 26.1 Å².